The molecule has 3 amide bonds. The molecule has 0 aromatic heterocycles. The summed E-state index contributed by atoms with van der Waals surface area (Å²) < 4.78 is 12.2. The topological polar surface area (TPSA) is 150 Å². The number of carbonyl (C=O) groups excluding carboxylic acids is 3. The van der Waals surface area contributed by atoms with Crippen molar-refractivity contribution in [3.05, 3.63) is 23.5 Å². The standard InChI is InChI=1S/C14H14N4O6S2/c15-7-10(20)17-5(1-3-25-12(7)17)9(19)16-8-11(21)18-6(14(22)23)2-4-26(24)13(8)18/h1-2,7-8,12-13H,3-4,15H2,(H,16,19)(H,22,23)/t7-,8-,12-,13-,26?/m1/s1. The van der Waals surface area contributed by atoms with Gasteiger partial charge in [-0.1, -0.05) is 0 Å². The number of nitrogens with one attached hydrogen (secondary N) is 1. The second-order valence-corrected chi connectivity index (χ2v) is 8.77. The highest BCUT2D eigenvalue weighted by atomic mass is 32.2. The van der Waals surface area contributed by atoms with Crippen LogP contribution in [0.3, 0.4) is 0 Å². The molecule has 1 unspecified atom stereocenters. The first-order valence-corrected chi connectivity index (χ1v) is 10.1. The monoisotopic (exact) mass is 398 g/mol. The van der Waals surface area contributed by atoms with Gasteiger partial charge in [-0.25, -0.2) is 4.79 Å². The van der Waals surface area contributed by atoms with Gasteiger partial charge in [-0.3, -0.25) is 28.4 Å². The highest BCUT2D eigenvalue weighted by molar-refractivity contribution is 8.00. The molecule has 10 nitrogen and oxygen atoms in total. The van der Waals surface area contributed by atoms with Crippen molar-refractivity contribution in [1.82, 2.24) is 15.1 Å². The number of carboxylic acid groups (broad SMARTS) is 1. The molecule has 4 heterocycles. The third kappa shape index (κ3) is 2.25. The van der Waals surface area contributed by atoms with Crippen LogP contribution in [0.1, 0.15) is 0 Å². The molecule has 4 N–H and O–H groups in total. The van der Waals surface area contributed by atoms with Crippen LogP contribution in [0.5, 0.6) is 0 Å². The minimum absolute atomic E-state index is 0.0106. The van der Waals surface area contributed by atoms with Gasteiger partial charge in [0.05, 0.1) is 10.8 Å². The summed E-state index contributed by atoms with van der Waals surface area (Å²) in [5, 5.41) is 10.4. The highest BCUT2D eigenvalue weighted by Crippen LogP contribution is 2.37. The first kappa shape index (κ1) is 17.2. The molecule has 0 bridgehead atoms. The summed E-state index contributed by atoms with van der Waals surface area (Å²) in [6, 6.07) is -1.75. The molecule has 12 heteroatoms. The zero-order valence-corrected chi connectivity index (χ0v) is 14.8. The number of nitrogens with two attached hydrogens (primary N) is 1. The fourth-order valence-corrected chi connectivity index (χ4v) is 5.93. The van der Waals surface area contributed by atoms with Gasteiger partial charge in [0.15, 0.2) is 0 Å². The average Bonchev–Trinajstić information content (AvgIpc) is 2.63. The summed E-state index contributed by atoms with van der Waals surface area (Å²) in [6.07, 6.45) is 2.80. The van der Waals surface area contributed by atoms with E-state index in [1.54, 1.807) is 6.08 Å². The van der Waals surface area contributed by atoms with E-state index in [1.165, 1.54) is 22.7 Å². The largest absolute Gasteiger partial charge is 0.477 e. The van der Waals surface area contributed by atoms with Gasteiger partial charge < -0.3 is 16.2 Å². The first-order chi connectivity index (χ1) is 12.3. The number of thioether (sulfide) groups is 1. The number of fused-ring (bicyclic) bond motifs is 2. The number of β-lactam (4-membered cyclic amide) rings is 2. The second-order valence-electron chi connectivity index (χ2n) is 6.04. The lowest BCUT2D eigenvalue weighted by molar-refractivity contribution is -0.151. The number of carboxylic acids is 1. The maximum absolute atomic E-state index is 12.6. The molecule has 4 aliphatic rings. The van der Waals surface area contributed by atoms with Crippen molar-refractivity contribution in [1.29, 1.82) is 0 Å². The van der Waals surface area contributed by atoms with Gasteiger partial charge in [0.1, 0.15) is 34.2 Å². The molecular formula is C14H14N4O6S2. The van der Waals surface area contributed by atoms with E-state index in [0.29, 0.717) is 5.75 Å². The van der Waals surface area contributed by atoms with Crippen LogP contribution in [0.2, 0.25) is 0 Å². The number of nitrogens with zero attached hydrogens (tertiary/aromatic N) is 2. The summed E-state index contributed by atoms with van der Waals surface area (Å²) in [5.74, 6) is -2.46. The van der Waals surface area contributed by atoms with Gasteiger partial charge in [0, 0.05) is 11.5 Å². The van der Waals surface area contributed by atoms with Crippen LogP contribution in [-0.4, -0.2) is 77.1 Å². The van der Waals surface area contributed by atoms with E-state index in [2.05, 4.69) is 5.32 Å². The molecule has 138 valence electrons. The average molecular weight is 398 g/mol. The summed E-state index contributed by atoms with van der Waals surface area (Å²) in [5.41, 5.74) is 5.59. The Balaban J connectivity index is 1.51. The Morgan fingerprint density at radius 1 is 1.23 bits per heavy atom. The van der Waals surface area contributed by atoms with Gasteiger partial charge in [-0.15, -0.1) is 11.8 Å². The summed E-state index contributed by atoms with van der Waals surface area (Å²) in [6.45, 7) is 0. The number of aliphatic carboxylic acids is 1. The lowest BCUT2D eigenvalue weighted by Crippen LogP contribution is -2.74. The Bertz CT molecular complexity index is 839. The fraction of sp³-hybridized carbons (Fsp3) is 0.429. The van der Waals surface area contributed by atoms with Crippen LogP contribution < -0.4 is 11.1 Å². The molecule has 5 atom stereocenters. The lowest BCUT2D eigenvalue weighted by Gasteiger charge is -2.49. The smallest absolute Gasteiger partial charge is 0.352 e. The number of rotatable bonds is 3. The number of hydrogen-bond donors (Lipinski definition) is 3. The molecule has 2 fully saturated rings. The summed E-state index contributed by atoms with van der Waals surface area (Å²) >= 11 is 1.43. The van der Waals surface area contributed by atoms with Crippen molar-refractivity contribution in [3.8, 4) is 0 Å². The molecule has 0 radical (unpaired) electrons. The van der Waals surface area contributed by atoms with E-state index in [1.807, 2.05) is 0 Å². The Morgan fingerprint density at radius 2 is 1.96 bits per heavy atom. The molecule has 0 saturated carbocycles. The van der Waals surface area contributed by atoms with Crippen molar-refractivity contribution in [2.75, 3.05) is 11.5 Å². The molecular weight excluding hydrogens is 384 g/mol. The van der Waals surface area contributed by atoms with Crippen molar-refractivity contribution in [2.24, 2.45) is 5.73 Å². The van der Waals surface area contributed by atoms with E-state index in [4.69, 9.17) is 10.8 Å². The number of hydrogen-bond acceptors (Lipinski definition) is 7. The van der Waals surface area contributed by atoms with Crippen LogP contribution in [-0.2, 0) is 30.0 Å². The zero-order chi connectivity index (χ0) is 18.7. The third-order valence-electron chi connectivity index (χ3n) is 4.64. The van der Waals surface area contributed by atoms with E-state index in [9.17, 15) is 23.4 Å². The normalized spacial score (nSPS) is 35.3. The first-order valence-electron chi connectivity index (χ1n) is 7.68. The van der Waals surface area contributed by atoms with Crippen LogP contribution >= 0.6 is 11.8 Å². The van der Waals surface area contributed by atoms with Gasteiger partial charge >= 0.3 is 5.97 Å². The quantitative estimate of drug-likeness (QED) is 0.442. The van der Waals surface area contributed by atoms with E-state index in [-0.39, 0.29) is 28.4 Å². The Labute approximate surface area is 153 Å². The van der Waals surface area contributed by atoms with Crippen molar-refractivity contribution < 1.29 is 28.5 Å². The predicted molar refractivity (Wildman–Crippen MR) is 90.4 cm³/mol. The molecule has 26 heavy (non-hydrogen) atoms. The Kier molecular flexibility index (Phi) is 3.93. The van der Waals surface area contributed by atoms with Gasteiger partial charge in [-0.2, -0.15) is 0 Å². The molecule has 0 aliphatic carbocycles. The predicted octanol–water partition coefficient (Wildman–Crippen LogP) is -2.50. The van der Waals surface area contributed by atoms with Crippen LogP contribution in [0, 0.1) is 0 Å². The van der Waals surface area contributed by atoms with E-state index < -0.39 is 46.0 Å². The molecule has 0 aromatic carbocycles. The van der Waals surface area contributed by atoms with Crippen LogP contribution in [0.4, 0.5) is 0 Å². The van der Waals surface area contributed by atoms with E-state index in [0.717, 1.165) is 4.90 Å². The highest BCUT2D eigenvalue weighted by Gasteiger charge is 2.57. The van der Waals surface area contributed by atoms with Crippen molar-refractivity contribution in [2.45, 2.75) is 22.8 Å². The van der Waals surface area contributed by atoms with Crippen molar-refractivity contribution >= 4 is 46.3 Å². The van der Waals surface area contributed by atoms with Crippen LogP contribution in [0.15, 0.2) is 23.5 Å². The van der Waals surface area contributed by atoms with Crippen molar-refractivity contribution in [3.63, 3.8) is 0 Å². The fourth-order valence-electron chi connectivity index (χ4n) is 3.33. The minimum atomic E-state index is -1.53. The maximum Gasteiger partial charge on any atom is 0.352 e. The number of carbonyl (C=O) groups is 4. The maximum atomic E-state index is 12.6. The molecule has 2 saturated heterocycles. The van der Waals surface area contributed by atoms with Gasteiger partial charge in [-0.05, 0) is 12.2 Å². The Hall–Kier alpha value is -2.18. The second kappa shape index (κ2) is 5.93. The molecule has 4 aliphatic heterocycles. The van der Waals surface area contributed by atoms with Crippen LogP contribution in [0.25, 0.3) is 0 Å². The lowest BCUT2D eigenvalue weighted by atomic mass is 10.0. The van der Waals surface area contributed by atoms with E-state index >= 15 is 0 Å². The molecule has 0 spiro atoms. The van der Waals surface area contributed by atoms with Gasteiger partial charge in [0.25, 0.3) is 11.8 Å². The third-order valence-corrected chi connectivity index (χ3v) is 7.36. The summed E-state index contributed by atoms with van der Waals surface area (Å²) in [7, 11) is -1.53. The van der Waals surface area contributed by atoms with Gasteiger partial charge in [0.2, 0.25) is 5.91 Å². The molecule has 0 aromatic rings. The SMILES string of the molecule is N[C@@H]1C(=O)N2C(C(=O)N[C@@H]3C(=O)N4C(C(=O)O)=CCS(=O)[C@H]34)=CCS[C@H]12. The zero-order valence-electron chi connectivity index (χ0n) is 13.2. The number of amides is 3. The molecule has 4 rings (SSSR count). The Morgan fingerprint density at radius 3 is 2.65 bits per heavy atom. The summed E-state index contributed by atoms with van der Waals surface area (Å²) in [4.78, 5) is 50.2. The minimum Gasteiger partial charge on any atom is -0.477 e.